The Morgan fingerprint density at radius 2 is 1.74 bits per heavy atom. The molecule has 1 atom stereocenters. The third kappa shape index (κ3) is 6.37. The average molecular weight is 521 g/mol. The van der Waals surface area contributed by atoms with Crippen molar-refractivity contribution < 1.29 is 10.2 Å². The lowest BCUT2D eigenvalue weighted by molar-refractivity contribution is 0.108. The zero-order valence-electron chi connectivity index (χ0n) is 23.0. The minimum atomic E-state index is -0.181. The molecule has 38 heavy (non-hydrogen) atoms. The summed E-state index contributed by atoms with van der Waals surface area (Å²) in [5.74, 6) is 0.689. The van der Waals surface area contributed by atoms with Crippen LogP contribution in [0.1, 0.15) is 64.0 Å². The molecule has 1 aliphatic heterocycles. The van der Waals surface area contributed by atoms with E-state index in [-0.39, 0.29) is 12.7 Å². The van der Waals surface area contributed by atoms with Gasteiger partial charge in [0.15, 0.2) is 0 Å². The number of hydrogen-bond acceptors (Lipinski definition) is 7. The maximum atomic E-state index is 10.1. The molecule has 2 aromatic heterocycles. The van der Waals surface area contributed by atoms with E-state index >= 15 is 0 Å². The first-order chi connectivity index (χ1) is 18.5. The SMILES string of the molecule is CCCC(C)Nc1ncc2c(-c3ccc(CN4CCN(CCO)CC4)cc3)cn([C@H]3CC[C@H](O)CC3)c2n1. The Labute approximate surface area is 226 Å². The fraction of sp³-hybridized carbons (Fsp3) is 0.600. The number of anilines is 1. The Balaban J connectivity index is 1.37. The summed E-state index contributed by atoms with van der Waals surface area (Å²) in [6.45, 7) is 10.5. The van der Waals surface area contributed by atoms with E-state index in [1.165, 1.54) is 16.7 Å². The molecule has 1 saturated heterocycles. The van der Waals surface area contributed by atoms with Crippen LogP contribution in [-0.2, 0) is 6.54 Å². The minimum absolute atomic E-state index is 0.181. The normalized spacial score (nSPS) is 22.1. The summed E-state index contributed by atoms with van der Waals surface area (Å²) in [6.07, 6.45) is 9.87. The zero-order valence-corrected chi connectivity index (χ0v) is 23.0. The quantitative estimate of drug-likeness (QED) is 0.368. The molecule has 0 bridgehead atoms. The van der Waals surface area contributed by atoms with E-state index < -0.39 is 0 Å². The number of benzene rings is 1. The van der Waals surface area contributed by atoms with Crippen LogP contribution in [0.25, 0.3) is 22.2 Å². The number of nitrogens with zero attached hydrogens (tertiary/aromatic N) is 5. The Kier molecular flexibility index (Phi) is 8.94. The molecule has 3 aromatic rings. The monoisotopic (exact) mass is 520 g/mol. The van der Waals surface area contributed by atoms with Gasteiger partial charge in [-0.05, 0) is 50.2 Å². The zero-order chi connectivity index (χ0) is 26.5. The van der Waals surface area contributed by atoms with Gasteiger partial charge in [-0.1, -0.05) is 37.6 Å². The summed E-state index contributed by atoms with van der Waals surface area (Å²) in [5.41, 5.74) is 4.66. The van der Waals surface area contributed by atoms with Gasteiger partial charge in [0.25, 0.3) is 0 Å². The smallest absolute Gasteiger partial charge is 0.224 e. The molecule has 2 fully saturated rings. The number of nitrogens with one attached hydrogen (secondary N) is 1. The molecule has 8 heteroatoms. The molecule has 0 radical (unpaired) electrons. The van der Waals surface area contributed by atoms with Crippen molar-refractivity contribution in [2.24, 2.45) is 0 Å². The number of aliphatic hydroxyl groups is 2. The predicted octanol–water partition coefficient (Wildman–Crippen LogP) is 4.28. The number of hydrogen-bond donors (Lipinski definition) is 3. The van der Waals surface area contributed by atoms with E-state index in [0.29, 0.717) is 18.0 Å². The van der Waals surface area contributed by atoms with Crippen LogP contribution in [0.5, 0.6) is 0 Å². The first-order valence-corrected chi connectivity index (χ1v) is 14.5. The fourth-order valence-electron chi connectivity index (χ4n) is 6.03. The Morgan fingerprint density at radius 1 is 1.03 bits per heavy atom. The van der Waals surface area contributed by atoms with Crippen molar-refractivity contribution in [1.29, 1.82) is 0 Å². The van der Waals surface area contributed by atoms with Crippen LogP contribution in [0.15, 0.2) is 36.7 Å². The number of rotatable bonds is 10. The number of fused-ring (bicyclic) bond motifs is 1. The highest BCUT2D eigenvalue weighted by Crippen LogP contribution is 2.37. The molecule has 3 heterocycles. The Morgan fingerprint density at radius 3 is 2.42 bits per heavy atom. The van der Waals surface area contributed by atoms with E-state index in [1.54, 1.807) is 0 Å². The second-order valence-corrected chi connectivity index (χ2v) is 11.2. The summed E-state index contributed by atoms with van der Waals surface area (Å²) in [6, 6.07) is 9.63. The van der Waals surface area contributed by atoms with Crippen LogP contribution in [-0.4, -0.2) is 86.0 Å². The van der Waals surface area contributed by atoms with Crippen molar-refractivity contribution in [3.63, 3.8) is 0 Å². The highest BCUT2D eigenvalue weighted by Gasteiger charge is 2.24. The lowest BCUT2D eigenvalue weighted by atomic mass is 9.93. The van der Waals surface area contributed by atoms with Gasteiger partial charge in [-0.2, -0.15) is 4.98 Å². The summed E-state index contributed by atoms with van der Waals surface area (Å²) in [7, 11) is 0. The van der Waals surface area contributed by atoms with Gasteiger partial charge in [0, 0.05) is 74.7 Å². The van der Waals surface area contributed by atoms with Gasteiger partial charge >= 0.3 is 0 Å². The van der Waals surface area contributed by atoms with Gasteiger partial charge in [-0.3, -0.25) is 9.80 Å². The number of aromatic nitrogens is 3. The maximum Gasteiger partial charge on any atom is 0.224 e. The van der Waals surface area contributed by atoms with Crippen molar-refractivity contribution in [2.45, 2.75) is 77.1 Å². The summed E-state index contributed by atoms with van der Waals surface area (Å²) < 4.78 is 2.34. The number of β-amino-alcohol motifs (C(OH)–C–C–N with tert-alkyl or cyclic N) is 1. The summed E-state index contributed by atoms with van der Waals surface area (Å²) in [5, 5.41) is 23.8. The Hall–Kier alpha value is -2.52. The van der Waals surface area contributed by atoms with Crippen molar-refractivity contribution in [3.05, 3.63) is 42.2 Å². The first kappa shape index (κ1) is 27.1. The van der Waals surface area contributed by atoms with Crippen LogP contribution in [0, 0.1) is 0 Å². The molecule has 5 rings (SSSR count). The standard InChI is InChI=1S/C30H44N6O2/c1-3-4-22(2)32-30-31-19-27-28(21-36(29(27)33-30)25-9-11-26(38)12-10-25)24-7-5-23(6-8-24)20-35-15-13-34(14-16-35)17-18-37/h5-8,19,21-22,25-26,37-38H,3-4,9-18,20H2,1-2H3,(H,31,32,33)/t22?,25-,26-. The van der Waals surface area contributed by atoms with Gasteiger partial charge in [-0.25, -0.2) is 4.98 Å². The third-order valence-corrected chi connectivity index (χ3v) is 8.28. The highest BCUT2D eigenvalue weighted by molar-refractivity contribution is 5.94. The van der Waals surface area contributed by atoms with Gasteiger partial charge in [0.2, 0.25) is 5.95 Å². The van der Waals surface area contributed by atoms with Crippen LogP contribution in [0.3, 0.4) is 0 Å². The molecule has 3 N–H and O–H groups in total. The Bertz CT molecular complexity index is 1160. The van der Waals surface area contributed by atoms with E-state index in [9.17, 15) is 10.2 Å². The first-order valence-electron chi connectivity index (χ1n) is 14.5. The van der Waals surface area contributed by atoms with Gasteiger partial charge in [0.1, 0.15) is 5.65 Å². The van der Waals surface area contributed by atoms with E-state index in [4.69, 9.17) is 9.97 Å². The van der Waals surface area contributed by atoms with Crippen LogP contribution in [0.2, 0.25) is 0 Å². The number of piperazine rings is 1. The second kappa shape index (κ2) is 12.6. The van der Waals surface area contributed by atoms with Gasteiger partial charge in [-0.15, -0.1) is 0 Å². The molecule has 1 aliphatic carbocycles. The second-order valence-electron chi connectivity index (χ2n) is 11.2. The molecular formula is C30H44N6O2. The van der Waals surface area contributed by atoms with Crippen molar-refractivity contribution >= 4 is 17.0 Å². The minimum Gasteiger partial charge on any atom is -0.395 e. The van der Waals surface area contributed by atoms with Crippen LogP contribution >= 0.6 is 0 Å². The molecule has 1 saturated carbocycles. The molecule has 1 unspecified atom stereocenters. The molecule has 0 amide bonds. The molecule has 1 aromatic carbocycles. The fourth-order valence-corrected chi connectivity index (χ4v) is 6.03. The summed E-state index contributed by atoms with van der Waals surface area (Å²) in [4.78, 5) is 14.5. The molecule has 0 spiro atoms. The molecule has 206 valence electrons. The summed E-state index contributed by atoms with van der Waals surface area (Å²) >= 11 is 0. The lowest BCUT2D eigenvalue weighted by Gasteiger charge is -2.34. The maximum absolute atomic E-state index is 10.1. The van der Waals surface area contributed by atoms with Crippen LogP contribution < -0.4 is 5.32 Å². The van der Waals surface area contributed by atoms with E-state index in [2.05, 4.69) is 64.0 Å². The largest absolute Gasteiger partial charge is 0.395 e. The average Bonchev–Trinajstić information content (AvgIpc) is 3.30. The number of aliphatic hydroxyl groups excluding tert-OH is 2. The van der Waals surface area contributed by atoms with E-state index in [0.717, 1.165) is 88.8 Å². The molecule has 2 aliphatic rings. The van der Waals surface area contributed by atoms with E-state index in [1.807, 2.05) is 6.20 Å². The van der Waals surface area contributed by atoms with Gasteiger partial charge in [0.05, 0.1) is 12.7 Å². The van der Waals surface area contributed by atoms with Crippen molar-refractivity contribution in [1.82, 2.24) is 24.3 Å². The van der Waals surface area contributed by atoms with Gasteiger partial charge < -0.3 is 20.1 Å². The molecular weight excluding hydrogens is 476 g/mol. The topological polar surface area (TPSA) is 89.7 Å². The lowest BCUT2D eigenvalue weighted by Crippen LogP contribution is -2.46. The van der Waals surface area contributed by atoms with Crippen molar-refractivity contribution in [2.75, 3.05) is 44.6 Å². The van der Waals surface area contributed by atoms with Crippen molar-refractivity contribution in [3.8, 4) is 11.1 Å². The highest BCUT2D eigenvalue weighted by atomic mass is 16.3. The third-order valence-electron chi connectivity index (χ3n) is 8.28. The van der Waals surface area contributed by atoms with Crippen LogP contribution in [0.4, 0.5) is 5.95 Å². The molecule has 8 nitrogen and oxygen atoms in total. The predicted molar refractivity (Wildman–Crippen MR) is 153 cm³/mol.